The second-order valence-electron chi connectivity index (χ2n) is 6.34. The Balaban J connectivity index is 1.47. The highest BCUT2D eigenvalue weighted by Crippen LogP contribution is 2.29. The predicted octanol–water partition coefficient (Wildman–Crippen LogP) is 4.73. The van der Waals surface area contributed by atoms with Gasteiger partial charge in [0.05, 0.1) is 5.25 Å². The molecule has 0 radical (unpaired) electrons. The summed E-state index contributed by atoms with van der Waals surface area (Å²) in [4.78, 5) is 12.7. The quantitative estimate of drug-likeness (QED) is 0.481. The van der Waals surface area contributed by atoms with Gasteiger partial charge in [-0.05, 0) is 67.6 Å². The molecule has 0 fully saturated rings. The molecule has 0 N–H and O–H groups in total. The average molecular weight is 368 g/mol. The lowest BCUT2D eigenvalue weighted by atomic mass is 10.0. The van der Waals surface area contributed by atoms with Crippen LogP contribution in [0.1, 0.15) is 34.8 Å². The molecule has 0 saturated carbocycles. The number of hydrogen-bond donors (Lipinski definition) is 0. The number of nitrogens with zero attached hydrogens (tertiary/aromatic N) is 2. The van der Waals surface area contributed by atoms with Crippen LogP contribution in [0.5, 0.6) is 0 Å². The van der Waals surface area contributed by atoms with Crippen molar-refractivity contribution in [2.24, 2.45) is 0 Å². The Hall–Kier alpha value is -2.47. The molecule has 1 heterocycles. The molecule has 0 saturated heterocycles. The van der Waals surface area contributed by atoms with Crippen molar-refractivity contribution < 1.29 is 13.6 Å². The topological polar surface area (TPSA) is 56.0 Å². The third-order valence-electron chi connectivity index (χ3n) is 4.53. The van der Waals surface area contributed by atoms with Crippen LogP contribution in [0.4, 0.5) is 4.39 Å². The van der Waals surface area contributed by atoms with E-state index in [1.165, 1.54) is 35.0 Å². The minimum atomic E-state index is -0.337. The number of fused-ring (bicyclic) bond motifs is 1. The summed E-state index contributed by atoms with van der Waals surface area (Å²) in [6.45, 7) is 1.84. The van der Waals surface area contributed by atoms with Crippen LogP contribution in [0, 0.1) is 5.82 Å². The molecular formula is C20H17FN2O2S. The zero-order chi connectivity index (χ0) is 18.1. The predicted molar refractivity (Wildman–Crippen MR) is 97.8 cm³/mol. The van der Waals surface area contributed by atoms with Crippen molar-refractivity contribution in [1.29, 1.82) is 0 Å². The van der Waals surface area contributed by atoms with E-state index in [0.29, 0.717) is 16.7 Å². The van der Waals surface area contributed by atoms with Crippen molar-refractivity contribution in [2.45, 2.75) is 36.7 Å². The number of carbonyl (C=O) groups excluding carboxylic acids is 1. The van der Waals surface area contributed by atoms with E-state index in [-0.39, 0.29) is 16.9 Å². The Morgan fingerprint density at radius 2 is 1.88 bits per heavy atom. The van der Waals surface area contributed by atoms with Gasteiger partial charge in [-0.1, -0.05) is 23.9 Å². The largest absolute Gasteiger partial charge is 0.411 e. The summed E-state index contributed by atoms with van der Waals surface area (Å²) < 4.78 is 18.6. The number of hydrogen-bond acceptors (Lipinski definition) is 5. The molecule has 2 aromatic carbocycles. The molecule has 4 nitrogen and oxygen atoms in total. The van der Waals surface area contributed by atoms with Crippen LogP contribution in [0.2, 0.25) is 0 Å². The molecule has 0 spiro atoms. The van der Waals surface area contributed by atoms with E-state index in [0.717, 1.165) is 24.8 Å². The van der Waals surface area contributed by atoms with Gasteiger partial charge in [0.25, 0.3) is 5.22 Å². The van der Waals surface area contributed by atoms with Gasteiger partial charge in [0.15, 0.2) is 5.78 Å². The van der Waals surface area contributed by atoms with E-state index in [1.54, 1.807) is 12.1 Å². The molecule has 0 amide bonds. The molecule has 1 aliphatic rings. The summed E-state index contributed by atoms with van der Waals surface area (Å²) in [7, 11) is 0. The Morgan fingerprint density at radius 3 is 2.69 bits per heavy atom. The van der Waals surface area contributed by atoms with Crippen molar-refractivity contribution in [3.05, 3.63) is 65.0 Å². The summed E-state index contributed by atoms with van der Waals surface area (Å²) >= 11 is 1.23. The lowest BCUT2D eigenvalue weighted by molar-refractivity contribution is 0.0993. The van der Waals surface area contributed by atoms with Crippen LogP contribution in [0.3, 0.4) is 0 Å². The Labute approximate surface area is 154 Å². The number of ketones is 1. The molecule has 4 rings (SSSR count). The molecule has 1 aromatic heterocycles. The number of Topliss-reactive ketones (excluding diaryl/α,β-unsaturated/α-hetero) is 1. The van der Waals surface area contributed by atoms with Gasteiger partial charge in [0.2, 0.25) is 5.89 Å². The SMILES string of the molecule is C[C@@H](Sc1nnc(-c2ccc(F)cc2)o1)C(=O)c1ccc2c(c1)CCC2. The van der Waals surface area contributed by atoms with Crippen LogP contribution >= 0.6 is 11.8 Å². The summed E-state index contributed by atoms with van der Waals surface area (Å²) in [5.41, 5.74) is 4.00. The first-order chi connectivity index (χ1) is 12.6. The van der Waals surface area contributed by atoms with Crippen LogP contribution in [0.15, 0.2) is 52.1 Å². The molecule has 132 valence electrons. The fourth-order valence-electron chi connectivity index (χ4n) is 3.13. The molecule has 3 aromatic rings. The molecule has 0 aliphatic heterocycles. The molecule has 0 unspecified atom stereocenters. The van der Waals surface area contributed by atoms with Crippen molar-refractivity contribution in [3.8, 4) is 11.5 Å². The number of benzene rings is 2. The van der Waals surface area contributed by atoms with Crippen molar-refractivity contribution in [3.63, 3.8) is 0 Å². The van der Waals surface area contributed by atoms with Gasteiger partial charge in [0, 0.05) is 11.1 Å². The van der Waals surface area contributed by atoms with Crippen LogP contribution in [-0.2, 0) is 12.8 Å². The standard InChI is InChI=1S/C20H17FN2O2S/c1-12(18(24)16-6-5-13-3-2-4-15(13)11-16)26-20-23-22-19(25-20)14-7-9-17(21)10-8-14/h5-12H,2-4H2,1H3/t12-/m1/s1. The van der Waals surface area contributed by atoms with E-state index in [2.05, 4.69) is 16.3 Å². The van der Waals surface area contributed by atoms with Gasteiger partial charge in [-0.15, -0.1) is 10.2 Å². The third kappa shape index (κ3) is 3.42. The number of thioether (sulfide) groups is 1. The van der Waals surface area contributed by atoms with Crippen LogP contribution < -0.4 is 0 Å². The number of carbonyl (C=O) groups is 1. The first kappa shape index (κ1) is 17.0. The normalized spacial score (nSPS) is 14.2. The molecule has 0 bridgehead atoms. The molecular weight excluding hydrogens is 351 g/mol. The monoisotopic (exact) mass is 368 g/mol. The van der Waals surface area contributed by atoms with Crippen molar-refractivity contribution in [1.82, 2.24) is 10.2 Å². The summed E-state index contributed by atoms with van der Waals surface area (Å²) in [5.74, 6) is 0.0346. The van der Waals surface area contributed by atoms with Gasteiger partial charge in [0.1, 0.15) is 5.82 Å². The Bertz CT molecular complexity index is 953. The fourth-order valence-corrected chi connectivity index (χ4v) is 3.89. The smallest absolute Gasteiger partial charge is 0.277 e. The lowest BCUT2D eigenvalue weighted by Gasteiger charge is -2.09. The Kier molecular flexibility index (Phi) is 4.59. The van der Waals surface area contributed by atoms with E-state index < -0.39 is 0 Å². The zero-order valence-electron chi connectivity index (χ0n) is 14.2. The van der Waals surface area contributed by atoms with Crippen LogP contribution in [0.25, 0.3) is 11.5 Å². The maximum atomic E-state index is 13.0. The second-order valence-corrected chi connectivity index (χ2v) is 7.63. The molecule has 1 atom stereocenters. The number of aromatic nitrogens is 2. The molecule has 1 aliphatic carbocycles. The Morgan fingerprint density at radius 1 is 1.12 bits per heavy atom. The highest BCUT2D eigenvalue weighted by molar-refractivity contribution is 8.00. The van der Waals surface area contributed by atoms with Gasteiger partial charge in [-0.2, -0.15) is 0 Å². The van der Waals surface area contributed by atoms with Gasteiger partial charge >= 0.3 is 0 Å². The van der Waals surface area contributed by atoms with Crippen LogP contribution in [-0.4, -0.2) is 21.2 Å². The summed E-state index contributed by atoms with van der Waals surface area (Å²) in [5, 5.41) is 7.95. The number of aryl methyl sites for hydroxylation is 2. The zero-order valence-corrected chi connectivity index (χ0v) is 15.1. The highest BCUT2D eigenvalue weighted by atomic mass is 32.2. The second kappa shape index (κ2) is 7.03. The minimum absolute atomic E-state index is 0.0474. The summed E-state index contributed by atoms with van der Waals surface area (Å²) in [6.07, 6.45) is 3.30. The van der Waals surface area contributed by atoms with E-state index in [1.807, 2.05) is 19.1 Å². The number of rotatable bonds is 5. The van der Waals surface area contributed by atoms with Crippen molar-refractivity contribution >= 4 is 17.5 Å². The highest BCUT2D eigenvalue weighted by Gasteiger charge is 2.22. The lowest BCUT2D eigenvalue weighted by Crippen LogP contribution is -2.13. The minimum Gasteiger partial charge on any atom is -0.411 e. The first-order valence-corrected chi connectivity index (χ1v) is 9.40. The maximum absolute atomic E-state index is 13.0. The average Bonchev–Trinajstić information content (AvgIpc) is 3.30. The van der Waals surface area contributed by atoms with E-state index >= 15 is 0 Å². The van der Waals surface area contributed by atoms with E-state index in [9.17, 15) is 9.18 Å². The molecule has 6 heteroatoms. The third-order valence-corrected chi connectivity index (χ3v) is 5.46. The number of halogens is 1. The van der Waals surface area contributed by atoms with Gasteiger partial charge in [-0.3, -0.25) is 4.79 Å². The maximum Gasteiger partial charge on any atom is 0.277 e. The fraction of sp³-hybridized carbons (Fsp3) is 0.250. The van der Waals surface area contributed by atoms with Gasteiger partial charge < -0.3 is 4.42 Å². The van der Waals surface area contributed by atoms with E-state index in [4.69, 9.17) is 4.42 Å². The van der Waals surface area contributed by atoms with Crippen molar-refractivity contribution in [2.75, 3.05) is 0 Å². The molecule has 26 heavy (non-hydrogen) atoms. The first-order valence-electron chi connectivity index (χ1n) is 8.52. The van der Waals surface area contributed by atoms with Gasteiger partial charge in [-0.25, -0.2) is 4.39 Å². The summed E-state index contributed by atoms with van der Waals surface area (Å²) in [6, 6.07) is 11.8.